The Morgan fingerprint density at radius 3 is 1.80 bits per heavy atom. The minimum atomic E-state index is -5.08. The Kier molecular flexibility index (Phi) is 16.7. The topological polar surface area (TPSA) is 150 Å². The van der Waals surface area contributed by atoms with Crippen molar-refractivity contribution < 1.29 is 78.7 Å². The van der Waals surface area contributed by atoms with Gasteiger partial charge < -0.3 is 29.7 Å². The van der Waals surface area contributed by atoms with Gasteiger partial charge in [0.15, 0.2) is 0 Å². The summed E-state index contributed by atoms with van der Waals surface area (Å²) in [7, 11) is 0. The summed E-state index contributed by atoms with van der Waals surface area (Å²) >= 11 is 0. The van der Waals surface area contributed by atoms with Crippen LogP contribution in [0.25, 0.3) is 0 Å². The summed E-state index contributed by atoms with van der Waals surface area (Å²) in [6.45, 7) is 7.41. The number of aromatic nitrogens is 1. The van der Waals surface area contributed by atoms with Gasteiger partial charge in [-0.3, -0.25) is 9.88 Å². The molecule has 46 heavy (non-hydrogen) atoms. The highest BCUT2D eigenvalue weighted by atomic mass is 19.4. The summed E-state index contributed by atoms with van der Waals surface area (Å²) in [4.78, 5) is 36.1. The number of ether oxygens (including phenoxy) is 2. The minimum Gasteiger partial charge on any atom is -0.475 e. The summed E-state index contributed by atoms with van der Waals surface area (Å²) in [6, 6.07) is 4.57. The Morgan fingerprint density at radius 2 is 1.35 bits per heavy atom. The van der Waals surface area contributed by atoms with Crippen LogP contribution in [-0.4, -0.2) is 124 Å². The molecular formula is C26H34F9N3O8. The Labute approximate surface area is 256 Å². The predicted octanol–water partition coefficient (Wildman–Crippen LogP) is 4.22. The van der Waals surface area contributed by atoms with Gasteiger partial charge in [0.25, 0.3) is 0 Å². The molecule has 2 saturated heterocycles. The lowest BCUT2D eigenvalue weighted by Crippen LogP contribution is -2.46. The number of carboxylic acid groups (broad SMARTS) is 3. The lowest BCUT2D eigenvalue weighted by molar-refractivity contribution is -0.193. The molecule has 1 aromatic heterocycles. The molecule has 3 atom stereocenters. The maximum absolute atomic E-state index is 10.6. The van der Waals surface area contributed by atoms with E-state index >= 15 is 0 Å². The van der Waals surface area contributed by atoms with Crippen LogP contribution in [-0.2, 0) is 30.5 Å². The van der Waals surface area contributed by atoms with Crippen LogP contribution in [0.4, 0.5) is 39.5 Å². The fraction of sp³-hybridized carbons (Fsp3) is 0.692. The number of carbonyl (C=O) groups is 3. The molecule has 2 bridgehead atoms. The second-order valence-electron chi connectivity index (χ2n) is 10.0. The zero-order valence-electron chi connectivity index (χ0n) is 24.2. The number of pyridine rings is 1. The lowest BCUT2D eigenvalue weighted by atomic mass is 10.1. The van der Waals surface area contributed by atoms with Crippen molar-refractivity contribution in [3.05, 3.63) is 30.1 Å². The molecule has 0 amide bonds. The molecule has 20 heteroatoms. The fourth-order valence-electron chi connectivity index (χ4n) is 4.59. The van der Waals surface area contributed by atoms with Gasteiger partial charge in [0.2, 0.25) is 0 Å². The van der Waals surface area contributed by atoms with E-state index in [9.17, 15) is 39.5 Å². The average molecular weight is 688 g/mol. The molecule has 3 fully saturated rings. The average Bonchev–Trinajstić information content (AvgIpc) is 3.27. The number of likely N-dealkylation sites (tertiary alicyclic amines) is 1. The minimum absolute atomic E-state index is 0.198. The molecule has 0 spiro atoms. The van der Waals surface area contributed by atoms with Crippen LogP contribution in [0.3, 0.4) is 0 Å². The van der Waals surface area contributed by atoms with Crippen LogP contribution in [0.5, 0.6) is 0 Å². The molecule has 264 valence electrons. The fourth-order valence-corrected chi connectivity index (χ4v) is 4.59. The van der Waals surface area contributed by atoms with Crippen LogP contribution in [0.2, 0.25) is 0 Å². The maximum atomic E-state index is 10.6. The van der Waals surface area contributed by atoms with Crippen molar-refractivity contribution in [2.75, 3.05) is 39.3 Å². The molecule has 2 aliphatic heterocycles. The molecular weight excluding hydrogens is 653 g/mol. The molecule has 3 heterocycles. The van der Waals surface area contributed by atoms with Gasteiger partial charge in [-0.2, -0.15) is 39.5 Å². The number of rotatable bonds is 6. The van der Waals surface area contributed by atoms with E-state index in [1.165, 1.54) is 45.3 Å². The lowest BCUT2D eigenvalue weighted by Gasteiger charge is -2.34. The van der Waals surface area contributed by atoms with Crippen molar-refractivity contribution >= 4 is 17.9 Å². The monoisotopic (exact) mass is 687 g/mol. The highest BCUT2D eigenvalue weighted by Crippen LogP contribution is 2.32. The number of aliphatic carboxylic acids is 3. The third-order valence-corrected chi connectivity index (χ3v) is 6.72. The maximum Gasteiger partial charge on any atom is 0.490 e. The van der Waals surface area contributed by atoms with E-state index in [4.69, 9.17) is 39.2 Å². The Hall–Kier alpha value is -3.23. The van der Waals surface area contributed by atoms with Gasteiger partial charge in [-0.1, -0.05) is 12.5 Å². The predicted molar refractivity (Wildman–Crippen MR) is 139 cm³/mol. The number of piperidine rings is 1. The smallest absolute Gasteiger partial charge is 0.475 e. The molecule has 3 N–H and O–H groups in total. The van der Waals surface area contributed by atoms with Crippen LogP contribution < -0.4 is 0 Å². The first-order chi connectivity index (χ1) is 21.2. The molecule has 3 aliphatic rings. The number of halogens is 9. The second kappa shape index (κ2) is 18.8. The SMILES string of the molecule is O=C(O)C(F)(F)F.O=C(O)C(F)(F)F.O=C(O)C(F)(F)F.c1cncc(COC2C3CCC2N(CCN2CCCCC2)CCO3)c1. The van der Waals surface area contributed by atoms with Gasteiger partial charge in [-0.15, -0.1) is 0 Å². The second-order valence-corrected chi connectivity index (χ2v) is 10.0. The number of hydrogen-bond acceptors (Lipinski definition) is 8. The van der Waals surface area contributed by atoms with Crippen molar-refractivity contribution in [3.63, 3.8) is 0 Å². The Morgan fingerprint density at radius 1 is 0.826 bits per heavy atom. The van der Waals surface area contributed by atoms with E-state index < -0.39 is 36.4 Å². The first-order valence-corrected chi connectivity index (χ1v) is 13.7. The van der Waals surface area contributed by atoms with E-state index in [1.807, 2.05) is 18.5 Å². The van der Waals surface area contributed by atoms with E-state index in [0.29, 0.717) is 12.6 Å². The summed E-state index contributed by atoms with van der Waals surface area (Å²) < 4.78 is 108. The molecule has 0 aromatic carbocycles. The largest absolute Gasteiger partial charge is 0.490 e. The molecule has 3 unspecified atom stereocenters. The van der Waals surface area contributed by atoms with Crippen LogP contribution >= 0.6 is 0 Å². The summed E-state index contributed by atoms with van der Waals surface area (Å²) in [5.41, 5.74) is 1.14. The summed E-state index contributed by atoms with van der Waals surface area (Å²) in [5.74, 6) is -8.27. The highest BCUT2D eigenvalue weighted by Gasteiger charge is 2.43. The van der Waals surface area contributed by atoms with Crippen LogP contribution in [0, 0.1) is 0 Å². The van der Waals surface area contributed by atoms with E-state index in [1.54, 1.807) is 0 Å². The number of nitrogens with zero attached hydrogens (tertiary/aromatic N) is 3. The molecule has 1 saturated carbocycles. The number of fused-ring (bicyclic) bond motifs is 2. The first-order valence-electron chi connectivity index (χ1n) is 13.7. The Bertz CT molecular complexity index is 1010. The third-order valence-electron chi connectivity index (χ3n) is 6.72. The van der Waals surface area contributed by atoms with Gasteiger partial charge >= 0.3 is 36.4 Å². The molecule has 1 aromatic rings. The molecule has 11 nitrogen and oxygen atoms in total. The van der Waals surface area contributed by atoms with E-state index in [2.05, 4.69) is 20.9 Å². The number of hydrogen-bond donors (Lipinski definition) is 3. The van der Waals surface area contributed by atoms with Gasteiger partial charge in [0.1, 0.15) is 0 Å². The van der Waals surface area contributed by atoms with Crippen molar-refractivity contribution in [1.82, 2.24) is 14.8 Å². The molecule has 4 rings (SSSR count). The summed E-state index contributed by atoms with van der Waals surface area (Å²) in [6.07, 6.45) is -4.62. The van der Waals surface area contributed by atoms with Gasteiger partial charge in [0.05, 0.1) is 25.4 Å². The van der Waals surface area contributed by atoms with Crippen LogP contribution in [0.15, 0.2) is 24.5 Å². The first kappa shape index (κ1) is 40.8. The van der Waals surface area contributed by atoms with Crippen molar-refractivity contribution in [1.29, 1.82) is 0 Å². The third kappa shape index (κ3) is 15.9. The van der Waals surface area contributed by atoms with Crippen molar-refractivity contribution in [2.45, 2.75) is 75.5 Å². The Balaban J connectivity index is 0.000000413. The highest BCUT2D eigenvalue weighted by molar-refractivity contribution is 5.73. The zero-order chi connectivity index (χ0) is 35.1. The van der Waals surface area contributed by atoms with Crippen molar-refractivity contribution in [3.8, 4) is 0 Å². The quantitative estimate of drug-likeness (QED) is 0.369. The van der Waals surface area contributed by atoms with Gasteiger partial charge in [-0.25, -0.2) is 14.4 Å². The normalized spacial score (nSPS) is 22.1. The summed E-state index contributed by atoms with van der Waals surface area (Å²) in [5, 5.41) is 21.4. The molecule has 0 radical (unpaired) electrons. The van der Waals surface area contributed by atoms with E-state index in [-0.39, 0.29) is 12.2 Å². The standard InChI is InChI=1S/C20H31N3O2.3C2HF3O2/c1-2-9-22(10-3-1)11-12-23-13-14-24-19-7-6-18(23)20(19)25-16-17-5-4-8-21-15-17;3*3-2(4,5)1(6)7/h4-5,8,15,18-20H,1-3,6-7,9-14,16H2;3*(H,6,7). The van der Waals surface area contributed by atoms with Crippen LogP contribution in [0.1, 0.15) is 37.7 Å². The number of alkyl halides is 9. The van der Waals surface area contributed by atoms with E-state index in [0.717, 1.165) is 31.7 Å². The van der Waals surface area contributed by atoms with Crippen molar-refractivity contribution in [2.24, 2.45) is 0 Å². The van der Waals surface area contributed by atoms with Gasteiger partial charge in [0, 0.05) is 38.1 Å². The van der Waals surface area contributed by atoms with Gasteiger partial charge in [-0.05, 0) is 50.4 Å². The zero-order valence-corrected chi connectivity index (χ0v) is 24.2. The molecule has 1 aliphatic carbocycles. The number of carboxylic acids is 3.